The van der Waals surface area contributed by atoms with Gasteiger partial charge in [0.2, 0.25) is 0 Å². The number of pyridine rings is 2. The Hall–Kier alpha value is -3.83. The lowest BCUT2D eigenvalue weighted by Gasteiger charge is -2.41. The van der Waals surface area contributed by atoms with Crippen LogP contribution in [-0.2, 0) is 6.54 Å². The first kappa shape index (κ1) is 28.7. The van der Waals surface area contributed by atoms with Gasteiger partial charge < -0.3 is 9.88 Å². The number of nitrogens with zero attached hydrogens (tertiary/aromatic N) is 4. The van der Waals surface area contributed by atoms with Crippen molar-refractivity contribution in [1.29, 1.82) is 0 Å². The van der Waals surface area contributed by atoms with Gasteiger partial charge in [-0.25, -0.2) is 14.2 Å². The summed E-state index contributed by atoms with van der Waals surface area (Å²) in [7, 11) is 0. The Balaban J connectivity index is 1.35. The summed E-state index contributed by atoms with van der Waals surface area (Å²) in [4.78, 5) is 44.7. The fourth-order valence-corrected chi connectivity index (χ4v) is 6.15. The van der Waals surface area contributed by atoms with Gasteiger partial charge in [0.05, 0.1) is 15.9 Å². The van der Waals surface area contributed by atoms with Crippen molar-refractivity contribution in [3.63, 3.8) is 0 Å². The van der Waals surface area contributed by atoms with E-state index >= 15 is 4.39 Å². The number of nitrogens with one attached hydrogen (secondary N) is 2. The molecule has 0 bridgehead atoms. The summed E-state index contributed by atoms with van der Waals surface area (Å²) in [5.74, 6) is -0.114. The monoisotopic (exact) mass is 578 g/mol. The summed E-state index contributed by atoms with van der Waals surface area (Å²) in [6.45, 7) is 11.6. The highest BCUT2D eigenvalue weighted by atomic mass is 32.1. The van der Waals surface area contributed by atoms with E-state index in [1.807, 2.05) is 0 Å². The van der Waals surface area contributed by atoms with E-state index in [0.29, 0.717) is 45.6 Å². The molecule has 1 atom stereocenters. The molecule has 41 heavy (non-hydrogen) atoms. The largest absolute Gasteiger partial charge is 0.338 e. The van der Waals surface area contributed by atoms with Crippen LogP contribution in [0.4, 0.5) is 14.3 Å². The van der Waals surface area contributed by atoms with Crippen LogP contribution in [0, 0.1) is 11.7 Å². The van der Waals surface area contributed by atoms with Crippen LogP contribution in [0.5, 0.6) is 0 Å². The minimum absolute atomic E-state index is 0.0995. The normalized spacial score (nSPS) is 16.2. The molecular formula is C30H35FN6O3S. The van der Waals surface area contributed by atoms with Gasteiger partial charge in [0.15, 0.2) is 5.13 Å². The number of fused-ring (bicyclic) bond motifs is 1. The van der Waals surface area contributed by atoms with Gasteiger partial charge in [-0.15, -0.1) is 0 Å². The Morgan fingerprint density at radius 3 is 2.63 bits per heavy atom. The Bertz CT molecular complexity index is 1700. The first-order chi connectivity index (χ1) is 19.5. The molecule has 2 amide bonds. The van der Waals surface area contributed by atoms with Crippen LogP contribution in [0.15, 0.2) is 58.4 Å². The third-order valence-corrected chi connectivity index (χ3v) is 8.38. The molecule has 5 rings (SSSR count). The average Bonchev–Trinajstić information content (AvgIpc) is 3.30. The summed E-state index contributed by atoms with van der Waals surface area (Å²) in [6, 6.07) is 8.75. The number of likely N-dealkylation sites (tertiary alicyclic amines) is 1. The fraction of sp³-hybridized carbons (Fsp3) is 0.400. The summed E-state index contributed by atoms with van der Waals surface area (Å²) >= 11 is 1.16. The molecule has 1 saturated heterocycles. The maximum absolute atomic E-state index is 15.1. The van der Waals surface area contributed by atoms with Crippen molar-refractivity contribution in [3.8, 4) is 16.8 Å². The van der Waals surface area contributed by atoms with Crippen LogP contribution in [0.1, 0.15) is 40.5 Å². The van der Waals surface area contributed by atoms with Gasteiger partial charge in [-0.1, -0.05) is 11.3 Å². The van der Waals surface area contributed by atoms with Crippen molar-refractivity contribution >= 4 is 32.7 Å². The number of amides is 2. The van der Waals surface area contributed by atoms with Crippen molar-refractivity contribution in [3.05, 3.63) is 75.3 Å². The number of hydrogen-bond donors (Lipinski definition) is 2. The van der Waals surface area contributed by atoms with Crippen molar-refractivity contribution in [2.75, 3.05) is 25.0 Å². The minimum Gasteiger partial charge on any atom is -0.338 e. The molecule has 1 aliphatic rings. The van der Waals surface area contributed by atoms with E-state index in [1.165, 1.54) is 22.8 Å². The van der Waals surface area contributed by atoms with Crippen LogP contribution < -0.4 is 21.8 Å². The first-order valence-corrected chi connectivity index (χ1v) is 14.7. The SMILES string of the molecule is CCNC(=O)Nc1nc2cc(-c3ccn(-c4ccn(CC5CCCN(C(C)(C)C)C5)c(=O)c4)c(=O)c3)c(F)cc2s1. The third kappa shape index (κ3) is 6.41. The number of anilines is 1. The smallest absolute Gasteiger partial charge is 0.321 e. The number of rotatable bonds is 6. The summed E-state index contributed by atoms with van der Waals surface area (Å²) in [5.41, 5.74) is 1.14. The van der Waals surface area contributed by atoms with Crippen molar-refractivity contribution < 1.29 is 9.18 Å². The highest BCUT2D eigenvalue weighted by Crippen LogP contribution is 2.32. The van der Waals surface area contributed by atoms with Gasteiger partial charge in [-0.3, -0.25) is 24.4 Å². The van der Waals surface area contributed by atoms with Crippen LogP contribution >= 0.6 is 11.3 Å². The van der Waals surface area contributed by atoms with E-state index in [4.69, 9.17) is 0 Å². The van der Waals surface area contributed by atoms with Crippen LogP contribution in [-0.4, -0.2) is 50.2 Å². The Morgan fingerprint density at radius 1 is 1.12 bits per heavy atom. The van der Waals surface area contributed by atoms with Crippen molar-refractivity contribution in [2.24, 2.45) is 5.92 Å². The van der Waals surface area contributed by atoms with E-state index in [9.17, 15) is 14.4 Å². The molecule has 3 aromatic heterocycles. The van der Waals surface area contributed by atoms with Crippen LogP contribution in [0.2, 0.25) is 0 Å². The maximum atomic E-state index is 15.1. The molecular weight excluding hydrogens is 543 g/mol. The minimum atomic E-state index is -0.502. The fourth-order valence-electron chi connectivity index (χ4n) is 5.28. The van der Waals surface area contributed by atoms with Gasteiger partial charge >= 0.3 is 6.03 Å². The Morgan fingerprint density at radius 2 is 1.93 bits per heavy atom. The Kier molecular flexibility index (Phi) is 8.10. The van der Waals surface area contributed by atoms with Gasteiger partial charge in [-0.05, 0) is 82.8 Å². The molecule has 1 unspecified atom stereocenters. The maximum Gasteiger partial charge on any atom is 0.321 e. The second kappa shape index (κ2) is 11.6. The molecule has 0 saturated carbocycles. The molecule has 2 N–H and O–H groups in total. The number of benzene rings is 1. The van der Waals surface area contributed by atoms with E-state index in [2.05, 4.69) is 41.3 Å². The van der Waals surface area contributed by atoms with E-state index in [-0.39, 0.29) is 28.3 Å². The zero-order chi connectivity index (χ0) is 29.3. The third-order valence-electron chi connectivity index (χ3n) is 7.45. The summed E-state index contributed by atoms with van der Waals surface area (Å²) in [6.07, 6.45) is 5.49. The number of halogens is 1. The first-order valence-electron chi connectivity index (χ1n) is 13.9. The van der Waals surface area contributed by atoms with Gasteiger partial charge in [0.25, 0.3) is 11.1 Å². The van der Waals surface area contributed by atoms with Gasteiger partial charge in [0.1, 0.15) is 5.82 Å². The molecule has 1 aliphatic heterocycles. The number of piperidine rings is 1. The van der Waals surface area contributed by atoms with Crippen LogP contribution in [0.3, 0.4) is 0 Å². The second-order valence-electron chi connectivity index (χ2n) is 11.4. The molecule has 9 nitrogen and oxygen atoms in total. The predicted octanol–water partition coefficient (Wildman–Crippen LogP) is 5.07. The standard InChI is InChI=1S/C30H35FN6O3S/c1-5-32-28(40)34-29-33-24-15-22(23(31)16-25(24)41-29)20-8-12-37(27(39)13-20)21-9-11-35(26(38)14-21)17-19-7-6-10-36(18-19)30(2,3)4/h8-9,11-16,19H,5-7,10,17-18H2,1-4H3,(H2,32,33,34,40). The predicted molar refractivity (Wildman–Crippen MR) is 162 cm³/mol. The average molecular weight is 579 g/mol. The zero-order valence-corrected chi connectivity index (χ0v) is 24.6. The van der Waals surface area contributed by atoms with E-state index < -0.39 is 5.82 Å². The second-order valence-corrected chi connectivity index (χ2v) is 12.5. The number of hydrogen-bond acceptors (Lipinski definition) is 6. The topological polar surface area (TPSA) is 101 Å². The Labute approximate surface area is 241 Å². The van der Waals surface area contributed by atoms with Crippen molar-refractivity contribution in [2.45, 2.75) is 52.6 Å². The quantitative estimate of drug-likeness (QED) is 0.333. The molecule has 0 spiro atoms. The lowest BCUT2D eigenvalue weighted by atomic mass is 9.93. The van der Waals surface area contributed by atoms with Crippen molar-refractivity contribution in [1.82, 2.24) is 24.3 Å². The van der Waals surface area contributed by atoms with E-state index in [0.717, 1.165) is 37.3 Å². The molecule has 0 aliphatic carbocycles. The molecule has 11 heteroatoms. The zero-order valence-electron chi connectivity index (χ0n) is 23.7. The molecule has 4 aromatic rings. The molecule has 0 radical (unpaired) electrons. The molecule has 4 heterocycles. The molecule has 216 valence electrons. The number of carbonyl (C=O) groups excluding carboxylic acids is 1. The number of urea groups is 1. The van der Waals surface area contributed by atoms with Gasteiger partial charge in [-0.2, -0.15) is 0 Å². The summed E-state index contributed by atoms with van der Waals surface area (Å²) in [5, 5.41) is 5.61. The number of thiazole rings is 1. The van der Waals surface area contributed by atoms with E-state index in [1.54, 1.807) is 42.1 Å². The highest BCUT2D eigenvalue weighted by molar-refractivity contribution is 7.22. The highest BCUT2D eigenvalue weighted by Gasteiger charge is 2.28. The number of carbonyl (C=O) groups is 1. The summed E-state index contributed by atoms with van der Waals surface area (Å²) < 4.78 is 18.7. The van der Waals surface area contributed by atoms with Crippen LogP contribution in [0.25, 0.3) is 27.0 Å². The lowest BCUT2D eigenvalue weighted by molar-refractivity contribution is 0.0731. The number of aromatic nitrogens is 3. The lowest BCUT2D eigenvalue weighted by Crippen LogP contribution is -2.48. The molecule has 1 aromatic carbocycles. The van der Waals surface area contributed by atoms with Gasteiger partial charge in [0, 0.05) is 55.3 Å². The molecule has 1 fully saturated rings.